The molecule has 12 heavy (non-hydrogen) atoms. The van der Waals surface area contributed by atoms with E-state index in [4.69, 9.17) is 5.73 Å². The SMILES string of the molecule is C=CCN1CC(CN)SCC1=O. The summed E-state index contributed by atoms with van der Waals surface area (Å²) in [6.07, 6.45) is 1.75. The van der Waals surface area contributed by atoms with Crippen molar-refractivity contribution in [3.63, 3.8) is 0 Å². The number of carbonyl (C=O) groups excluding carboxylic acids is 1. The maximum absolute atomic E-state index is 11.3. The normalized spacial score (nSPS) is 24.2. The van der Waals surface area contributed by atoms with E-state index in [9.17, 15) is 4.79 Å². The van der Waals surface area contributed by atoms with Crippen LogP contribution >= 0.6 is 11.8 Å². The van der Waals surface area contributed by atoms with Gasteiger partial charge < -0.3 is 10.6 Å². The fourth-order valence-corrected chi connectivity index (χ4v) is 2.14. The van der Waals surface area contributed by atoms with E-state index in [2.05, 4.69) is 6.58 Å². The van der Waals surface area contributed by atoms with Crippen molar-refractivity contribution in [3.8, 4) is 0 Å². The summed E-state index contributed by atoms with van der Waals surface area (Å²) in [5, 5.41) is 0.405. The first-order valence-electron chi connectivity index (χ1n) is 3.98. The number of hydrogen-bond donors (Lipinski definition) is 1. The second-order valence-electron chi connectivity index (χ2n) is 2.76. The van der Waals surface area contributed by atoms with Crippen molar-refractivity contribution in [1.82, 2.24) is 4.90 Å². The van der Waals surface area contributed by atoms with Gasteiger partial charge in [0.2, 0.25) is 5.91 Å². The molecule has 0 aromatic carbocycles. The molecule has 1 unspecified atom stereocenters. The molecule has 0 radical (unpaired) electrons. The topological polar surface area (TPSA) is 46.3 Å². The molecule has 3 nitrogen and oxygen atoms in total. The van der Waals surface area contributed by atoms with E-state index in [-0.39, 0.29) is 5.91 Å². The average molecular weight is 186 g/mol. The van der Waals surface area contributed by atoms with Gasteiger partial charge in [-0.15, -0.1) is 18.3 Å². The zero-order valence-corrected chi connectivity index (χ0v) is 7.85. The van der Waals surface area contributed by atoms with Gasteiger partial charge in [-0.3, -0.25) is 4.79 Å². The third-order valence-electron chi connectivity index (χ3n) is 1.83. The number of thioether (sulfide) groups is 1. The number of rotatable bonds is 3. The number of amides is 1. The highest BCUT2D eigenvalue weighted by molar-refractivity contribution is 8.00. The Labute approximate surface area is 77.0 Å². The molecule has 0 aromatic heterocycles. The van der Waals surface area contributed by atoms with Crippen LogP contribution in [0.4, 0.5) is 0 Å². The lowest BCUT2D eigenvalue weighted by Crippen LogP contribution is -2.44. The fraction of sp³-hybridized carbons (Fsp3) is 0.625. The van der Waals surface area contributed by atoms with Gasteiger partial charge >= 0.3 is 0 Å². The van der Waals surface area contributed by atoms with Crippen LogP contribution in [0.15, 0.2) is 12.7 Å². The molecule has 1 atom stereocenters. The second kappa shape index (κ2) is 4.52. The van der Waals surface area contributed by atoms with E-state index in [1.165, 1.54) is 0 Å². The lowest BCUT2D eigenvalue weighted by atomic mass is 10.3. The molecule has 1 heterocycles. The predicted molar refractivity (Wildman–Crippen MR) is 52.1 cm³/mol. The minimum Gasteiger partial charge on any atom is -0.337 e. The van der Waals surface area contributed by atoms with Crippen LogP contribution in [0.3, 0.4) is 0 Å². The Morgan fingerprint density at radius 3 is 3.17 bits per heavy atom. The zero-order valence-electron chi connectivity index (χ0n) is 7.03. The molecular weight excluding hydrogens is 172 g/mol. The Kier molecular flexibility index (Phi) is 3.62. The molecule has 1 aliphatic heterocycles. The summed E-state index contributed by atoms with van der Waals surface area (Å²) in [6.45, 7) is 5.67. The Hall–Kier alpha value is -0.480. The molecule has 0 aliphatic carbocycles. The predicted octanol–water partition coefficient (Wildman–Crippen LogP) is 0.0751. The highest BCUT2D eigenvalue weighted by Crippen LogP contribution is 2.18. The molecule has 1 amide bonds. The molecule has 1 rings (SSSR count). The third-order valence-corrected chi connectivity index (χ3v) is 3.06. The minimum atomic E-state index is 0.199. The molecule has 1 aliphatic rings. The Morgan fingerprint density at radius 2 is 2.58 bits per heavy atom. The van der Waals surface area contributed by atoms with Crippen LogP contribution in [0.1, 0.15) is 0 Å². The summed E-state index contributed by atoms with van der Waals surface area (Å²) in [6, 6.07) is 0. The summed E-state index contributed by atoms with van der Waals surface area (Å²) >= 11 is 1.65. The molecular formula is C8H14N2OS. The van der Waals surface area contributed by atoms with E-state index in [1.54, 1.807) is 22.7 Å². The van der Waals surface area contributed by atoms with Crippen molar-refractivity contribution in [1.29, 1.82) is 0 Å². The zero-order chi connectivity index (χ0) is 8.97. The second-order valence-corrected chi connectivity index (χ2v) is 4.04. The van der Waals surface area contributed by atoms with Gasteiger partial charge in [0.1, 0.15) is 0 Å². The van der Waals surface area contributed by atoms with Crippen molar-refractivity contribution in [3.05, 3.63) is 12.7 Å². The average Bonchev–Trinajstić information content (AvgIpc) is 2.09. The van der Waals surface area contributed by atoms with Gasteiger partial charge in [0.05, 0.1) is 5.75 Å². The van der Waals surface area contributed by atoms with E-state index in [0.717, 1.165) is 6.54 Å². The van der Waals surface area contributed by atoms with E-state index >= 15 is 0 Å². The van der Waals surface area contributed by atoms with Crippen molar-refractivity contribution < 1.29 is 4.79 Å². The molecule has 1 fully saturated rings. The number of carbonyl (C=O) groups is 1. The van der Waals surface area contributed by atoms with Crippen LogP contribution in [0.2, 0.25) is 0 Å². The lowest BCUT2D eigenvalue weighted by Gasteiger charge is -2.30. The summed E-state index contributed by atoms with van der Waals surface area (Å²) in [5.74, 6) is 0.764. The van der Waals surface area contributed by atoms with Gasteiger partial charge in [-0.1, -0.05) is 6.08 Å². The van der Waals surface area contributed by atoms with Crippen LogP contribution in [0, 0.1) is 0 Å². The molecule has 0 saturated carbocycles. The summed E-state index contributed by atoms with van der Waals surface area (Å²) in [5.41, 5.74) is 5.52. The monoisotopic (exact) mass is 186 g/mol. The lowest BCUT2D eigenvalue weighted by molar-refractivity contribution is -0.128. The standard InChI is InChI=1S/C8H14N2OS/c1-2-3-10-5-7(4-9)12-6-8(10)11/h2,7H,1,3-6,9H2. The minimum absolute atomic E-state index is 0.199. The van der Waals surface area contributed by atoms with Crippen molar-refractivity contribution in [2.24, 2.45) is 5.73 Å². The number of nitrogens with two attached hydrogens (primary N) is 1. The largest absolute Gasteiger partial charge is 0.337 e. The number of hydrogen-bond acceptors (Lipinski definition) is 3. The van der Waals surface area contributed by atoms with E-state index in [1.807, 2.05) is 0 Å². The van der Waals surface area contributed by atoms with Crippen LogP contribution < -0.4 is 5.73 Å². The highest BCUT2D eigenvalue weighted by atomic mass is 32.2. The Balaban J connectivity index is 2.46. The van der Waals surface area contributed by atoms with Gasteiger partial charge in [-0.2, -0.15) is 0 Å². The molecule has 0 bridgehead atoms. The van der Waals surface area contributed by atoms with Gasteiger partial charge in [-0.25, -0.2) is 0 Å². The maximum atomic E-state index is 11.3. The van der Waals surface area contributed by atoms with Crippen LogP contribution in [0.25, 0.3) is 0 Å². The third kappa shape index (κ3) is 2.25. The molecule has 2 N–H and O–H groups in total. The van der Waals surface area contributed by atoms with Crippen LogP contribution in [-0.4, -0.2) is 41.4 Å². The van der Waals surface area contributed by atoms with Crippen molar-refractivity contribution in [2.75, 3.05) is 25.4 Å². The maximum Gasteiger partial charge on any atom is 0.232 e. The smallest absolute Gasteiger partial charge is 0.232 e. The van der Waals surface area contributed by atoms with Crippen molar-refractivity contribution >= 4 is 17.7 Å². The summed E-state index contributed by atoms with van der Waals surface area (Å²) < 4.78 is 0. The first-order valence-corrected chi connectivity index (χ1v) is 5.03. The molecule has 1 saturated heterocycles. The van der Waals surface area contributed by atoms with Gasteiger partial charge in [-0.05, 0) is 0 Å². The van der Waals surface area contributed by atoms with Crippen LogP contribution in [0.5, 0.6) is 0 Å². The van der Waals surface area contributed by atoms with Gasteiger partial charge in [0.15, 0.2) is 0 Å². The first-order chi connectivity index (χ1) is 5.77. The van der Waals surface area contributed by atoms with Crippen LogP contribution in [-0.2, 0) is 4.79 Å². The van der Waals surface area contributed by atoms with E-state index < -0.39 is 0 Å². The van der Waals surface area contributed by atoms with E-state index in [0.29, 0.717) is 24.1 Å². The number of nitrogens with zero attached hydrogens (tertiary/aromatic N) is 1. The molecule has 68 valence electrons. The Morgan fingerprint density at radius 1 is 1.83 bits per heavy atom. The van der Waals surface area contributed by atoms with Gasteiger partial charge in [0, 0.05) is 24.9 Å². The van der Waals surface area contributed by atoms with Gasteiger partial charge in [0.25, 0.3) is 0 Å². The Bertz CT molecular complexity index is 184. The quantitative estimate of drug-likeness (QED) is 0.635. The summed E-state index contributed by atoms with van der Waals surface area (Å²) in [4.78, 5) is 13.1. The highest BCUT2D eigenvalue weighted by Gasteiger charge is 2.23. The summed E-state index contributed by atoms with van der Waals surface area (Å²) in [7, 11) is 0. The molecule has 0 aromatic rings. The first kappa shape index (κ1) is 9.61. The molecule has 0 spiro atoms. The van der Waals surface area contributed by atoms with Crippen molar-refractivity contribution in [2.45, 2.75) is 5.25 Å². The fourth-order valence-electron chi connectivity index (χ4n) is 1.16. The molecule has 4 heteroatoms.